The maximum atomic E-state index is 12.6. The smallest absolute Gasteiger partial charge is 0.324 e. The second-order valence-corrected chi connectivity index (χ2v) is 7.95. The van der Waals surface area contributed by atoms with Crippen molar-refractivity contribution in [2.24, 2.45) is 0 Å². The molecule has 0 atom stereocenters. The van der Waals surface area contributed by atoms with Crippen LogP contribution in [0.3, 0.4) is 0 Å². The molecule has 0 bridgehead atoms. The van der Waals surface area contributed by atoms with E-state index < -0.39 is 0 Å². The molecule has 140 valence electrons. The van der Waals surface area contributed by atoms with Gasteiger partial charge in [0.2, 0.25) is 5.91 Å². The van der Waals surface area contributed by atoms with Gasteiger partial charge in [-0.2, -0.15) is 0 Å². The van der Waals surface area contributed by atoms with Crippen LogP contribution < -0.4 is 11.0 Å². The van der Waals surface area contributed by atoms with E-state index in [-0.39, 0.29) is 18.1 Å². The molecule has 2 heterocycles. The Morgan fingerprint density at radius 1 is 1.19 bits per heavy atom. The Labute approximate surface area is 160 Å². The van der Waals surface area contributed by atoms with Crippen LogP contribution in [0.4, 0.5) is 5.69 Å². The summed E-state index contributed by atoms with van der Waals surface area (Å²) in [6.07, 6.45) is 9.31. The molecule has 1 aliphatic rings. The number of hydrogen-bond acceptors (Lipinski definition) is 5. The number of rotatable bonds is 5. The average molecular weight is 383 g/mol. The molecule has 27 heavy (non-hydrogen) atoms. The lowest BCUT2D eigenvalue weighted by Gasteiger charge is -2.20. The van der Waals surface area contributed by atoms with Crippen molar-refractivity contribution in [2.45, 2.75) is 48.9 Å². The minimum absolute atomic E-state index is 0.136. The lowest BCUT2D eigenvalue weighted by molar-refractivity contribution is -0.117. The summed E-state index contributed by atoms with van der Waals surface area (Å²) in [4.78, 5) is 29.3. The molecule has 3 aromatic rings. The van der Waals surface area contributed by atoms with E-state index in [0.717, 1.165) is 17.9 Å². The third-order valence-electron chi connectivity index (χ3n) is 4.65. The minimum Gasteiger partial charge on any atom is -0.324 e. The normalized spacial score (nSPS) is 15.1. The van der Waals surface area contributed by atoms with Gasteiger partial charge in [0.15, 0.2) is 5.65 Å². The maximum absolute atomic E-state index is 12.6. The van der Waals surface area contributed by atoms with Crippen LogP contribution >= 0.6 is 11.8 Å². The zero-order valence-electron chi connectivity index (χ0n) is 14.9. The first-order chi connectivity index (χ1) is 13.2. The Kier molecular flexibility index (Phi) is 5.24. The molecule has 1 aromatic carbocycles. The highest BCUT2D eigenvalue weighted by atomic mass is 32.2. The van der Waals surface area contributed by atoms with Gasteiger partial charge in [0, 0.05) is 23.3 Å². The Morgan fingerprint density at radius 2 is 1.96 bits per heavy atom. The third-order valence-corrected chi connectivity index (χ3v) is 5.97. The van der Waals surface area contributed by atoms with Gasteiger partial charge in [-0.25, -0.2) is 18.9 Å². The number of benzene rings is 1. The number of carbonyl (C=O) groups excluding carboxylic acids is 1. The van der Waals surface area contributed by atoms with Gasteiger partial charge in [-0.05, 0) is 25.0 Å². The van der Waals surface area contributed by atoms with Crippen LogP contribution in [0, 0.1) is 0 Å². The van der Waals surface area contributed by atoms with E-state index in [1.807, 2.05) is 18.2 Å². The van der Waals surface area contributed by atoms with Crippen molar-refractivity contribution in [1.29, 1.82) is 0 Å². The van der Waals surface area contributed by atoms with Crippen LogP contribution in [0.25, 0.3) is 5.65 Å². The number of fused-ring (bicyclic) bond motifs is 1. The van der Waals surface area contributed by atoms with E-state index in [1.54, 1.807) is 36.3 Å². The molecule has 2 aromatic heterocycles. The van der Waals surface area contributed by atoms with Crippen LogP contribution in [-0.2, 0) is 11.3 Å². The molecule has 0 radical (unpaired) electrons. The number of nitrogens with zero attached hydrogens (tertiary/aromatic N) is 4. The van der Waals surface area contributed by atoms with E-state index in [1.165, 1.54) is 28.3 Å². The molecule has 1 saturated carbocycles. The minimum atomic E-state index is -0.332. The van der Waals surface area contributed by atoms with Gasteiger partial charge in [0.1, 0.15) is 11.6 Å². The van der Waals surface area contributed by atoms with Crippen LogP contribution in [0.1, 0.15) is 32.1 Å². The number of nitrogens with one attached hydrogen (secondary N) is 1. The molecule has 0 spiro atoms. The SMILES string of the molecule is O=C(Cn1nc2c(SC3CCCCC3)nccn2c1=O)Nc1ccccc1. The first-order valence-electron chi connectivity index (χ1n) is 9.16. The molecule has 1 aliphatic carbocycles. The Hall–Kier alpha value is -2.61. The first-order valence-corrected chi connectivity index (χ1v) is 10.0. The molecule has 4 rings (SSSR count). The lowest BCUT2D eigenvalue weighted by Crippen LogP contribution is -2.28. The Morgan fingerprint density at radius 3 is 2.74 bits per heavy atom. The van der Waals surface area contributed by atoms with E-state index in [2.05, 4.69) is 15.4 Å². The highest BCUT2D eigenvalue weighted by Gasteiger charge is 2.19. The van der Waals surface area contributed by atoms with Gasteiger partial charge in [-0.3, -0.25) is 4.79 Å². The summed E-state index contributed by atoms with van der Waals surface area (Å²) >= 11 is 1.69. The topological polar surface area (TPSA) is 81.3 Å². The summed E-state index contributed by atoms with van der Waals surface area (Å²) in [7, 11) is 0. The molecule has 8 heteroatoms. The number of aromatic nitrogens is 4. The fraction of sp³-hybridized carbons (Fsp3) is 0.368. The quantitative estimate of drug-likeness (QED) is 0.733. The van der Waals surface area contributed by atoms with Gasteiger partial charge in [-0.1, -0.05) is 49.2 Å². The van der Waals surface area contributed by atoms with Gasteiger partial charge >= 0.3 is 5.69 Å². The summed E-state index contributed by atoms with van der Waals surface area (Å²) in [5.74, 6) is -0.291. The summed E-state index contributed by atoms with van der Waals surface area (Å²) in [5.41, 5.74) is 0.876. The van der Waals surface area contributed by atoms with Crippen LogP contribution in [0.2, 0.25) is 0 Å². The van der Waals surface area contributed by atoms with Crippen molar-refractivity contribution >= 4 is 29.0 Å². The molecule has 1 amide bonds. The largest absolute Gasteiger partial charge is 0.350 e. The summed E-state index contributed by atoms with van der Waals surface area (Å²) in [6.45, 7) is -0.136. The molecule has 7 nitrogen and oxygen atoms in total. The van der Waals surface area contributed by atoms with Gasteiger partial charge in [-0.15, -0.1) is 5.10 Å². The van der Waals surface area contributed by atoms with E-state index >= 15 is 0 Å². The average Bonchev–Trinajstić information content (AvgIpc) is 3.00. The predicted molar refractivity (Wildman–Crippen MR) is 105 cm³/mol. The number of para-hydroxylation sites is 1. The van der Waals surface area contributed by atoms with Gasteiger partial charge < -0.3 is 5.32 Å². The second-order valence-electron chi connectivity index (χ2n) is 6.66. The van der Waals surface area contributed by atoms with Crippen molar-refractivity contribution in [1.82, 2.24) is 19.2 Å². The fourth-order valence-corrected chi connectivity index (χ4v) is 4.56. The first kappa shape index (κ1) is 17.8. The molecule has 0 aliphatic heterocycles. The number of anilines is 1. The lowest BCUT2D eigenvalue weighted by atomic mass is 10.0. The summed E-state index contributed by atoms with van der Waals surface area (Å²) < 4.78 is 2.66. The second kappa shape index (κ2) is 7.96. The van der Waals surface area contributed by atoms with E-state index in [9.17, 15) is 9.59 Å². The molecule has 0 saturated heterocycles. The van der Waals surface area contributed by atoms with Crippen molar-refractivity contribution in [3.8, 4) is 0 Å². The van der Waals surface area contributed by atoms with Gasteiger partial charge in [0.05, 0.1) is 0 Å². The standard InChI is InChI=1S/C19H21N5O2S/c25-16(21-14-7-3-1-4-8-14)13-24-19(26)23-12-11-20-18(17(23)22-24)27-15-9-5-2-6-10-15/h1,3-4,7-8,11-12,15H,2,5-6,9-10,13H2,(H,21,25). The summed E-state index contributed by atoms with van der Waals surface area (Å²) in [6, 6.07) is 9.15. The molecule has 0 unspecified atom stereocenters. The monoisotopic (exact) mass is 383 g/mol. The number of amides is 1. The number of carbonyl (C=O) groups is 1. The predicted octanol–water partition coefficient (Wildman–Crippen LogP) is 2.95. The van der Waals surface area contributed by atoms with Crippen molar-refractivity contribution in [3.05, 3.63) is 53.2 Å². The zero-order valence-corrected chi connectivity index (χ0v) is 15.7. The number of hydrogen-bond donors (Lipinski definition) is 1. The molecular weight excluding hydrogens is 362 g/mol. The maximum Gasteiger partial charge on any atom is 0.350 e. The highest BCUT2D eigenvalue weighted by molar-refractivity contribution is 8.00. The van der Waals surface area contributed by atoms with Crippen molar-refractivity contribution in [3.63, 3.8) is 0 Å². The highest BCUT2D eigenvalue weighted by Crippen LogP contribution is 2.33. The molecule has 1 fully saturated rings. The third kappa shape index (κ3) is 4.05. The Balaban J connectivity index is 1.55. The summed E-state index contributed by atoms with van der Waals surface area (Å²) in [5, 5.41) is 8.42. The molecular formula is C19H21N5O2S. The van der Waals surface area contributed by atoms with E-state index in [4.69, 9.17) is 0 Å². The number of thioether (sulfide) groups is 1. The van der Waals surface area contributed by atoms with Crippen LogP contribution in [0.15, 0.2) is 52.5 Å². The zero-order chi connectivity index (χ0) is 18.6. The van der Waals surface area contributed by atoms with Crippen molar-refractivity contribution < 1.29 is 4.79 Å². The van der Waals surface area contributed by atoms with Crippen LogP contribution in [0.5, 0.6) is 0 Å². The van der Waals surface area contributed by atoms with Crippen molar-refractivity contribution in [2.75, 3.05) is 5.32 Å². The Bertz CT molecular complexity index is 992. The van der Waals surface area contributed by atoms with Crippen LogP contribution in [-0.4, -0.2) is 30.3 Å². The molecule has 1 N–H and O–H groups in total. The van der Waals surface area contributed by atoms with E-state index in [0.29, 0.717) is 16.6 Å². The fourth-order valence-electron chi connectivity index (χ4n) is 3.31. The van der Waals surface area contributed by atoms with Gasteiger partial charge in [0.25, 0.3) is 0 Å².